The molecule has 4 aromatic carbocycles. The van der Waals surface area contributed by atoms with Crippen molar-refractivity contribution < 1.29 is 12.0 Å². The van der Waals surface area contributed by atoms with Gasteiger partial charge in [0.1, 0.15) is 0 Å². The van der Waals surface area contributed by atoms with Gasteiger partial charge in [0, 0.05) is 14.7 Å². The molecule has 0 amide bonds. The van der Waals surface area contributed by atoms with Gasteiger partial charge in [-0.15, -0.1) is 0 Å². The zero-order chi connectivity index (χ0) is 25.8. The van der Waals surface area contributed by atoms with Crippen molar-refractivity contribution in [2.75, 3.05) is 0 Å². The molecule has 0 fully saturated rings. The van der Waals surface area contributed by atoms with E-state index in [-0.39, 0.29) is 4.90 Å². The predicted molar refractivity (Wildman–Crippen MR) is 149 cm³/mol. The molecule has 36 heavy (non-hydrogen) atoms. The average Bonchev–Trinajstić information content (AvgIpc) is 2.92. The molecule has 0 aromatic heterocycles. The number of benzene rings is 4. The summed E-state index contributed by atoms with van der Waals surface area (Å²) in [6, 6.07) is 31.4. The van der Waals surface area contributed by atoms with E-state index in [4.69, 9.17) is 3.63 Å². The fourth-order valence-corrected chi connectivity index (χ4v) is 9.33. The van der Waals surface area contributed by atoms with E-state index < -0.39 is 20.4 Å². The summed E-state index contributed by atoms with van der Waals surface area (Å²) in [4.78, 5) is 2.71. The van der Waals surface area contributed by atoms with Crippen LogP contribution >= 0.6 is 10.3 Å². The summed E-state index contributed by atoms with van der Waals surface area (Å²) in [5.41, 5.74) is 4.57. The first-order valence-corrected chi connectivity index (χ1v) is 15.4. The van der Waals surface area contributed by atoms with Crippen molar-refractivity contribution in [1.82, 2.24) is 0 Å². The summed E-state index contributed by atoms with van der Waals surface area (Å²) in [5.74, 6) is 0. The molecule has 0 N–H and O–H groups in total. The van der Waals surface area contributed by atoms with Crippen LogP contribution in [0.5, 0.6) is 0 Å². The summed E-state index contributed by atoms with van der Waals surface area (Å²) >= 11 is 0. The van der Waals surface area contributed by atoms with Crippen molar-refractivity contribution in [2.24, 2.45) is 0 Å². The van der Waals surface area contributed by atoms with Gasteiger partial charge in [-0.1, -0.05) is 74.9 Å². The summed E-state index contributed by atoms with van der Waals surface area (Å²) in [7, 11) is -6.70. The highest BCUT2D eigenvalue weighted by Gasteiger charge is 2.38. The highest BCUT2D eigenvalue weighted by atomic mass is 32.3. The van der Waals surface area contributed by atoms with E-state index >= 15 is 0 Å². The lowest BCUT2D eigenvalue weighted by molar-refractivity contribution is 0.508. The first-order chi connectivity index (χ1) is 17.3. The molecule has 0 atom stereocenters. The third-order valence-electron chi connectivity index (χ3n) is 6.49. The van der Waals surface area contributed by atoms with E-state index in [0.717, 1.165) is 39.5 Å². The molecule has 188 valence electrons. The number of aryl methyl sites for hydroxylation is 4. The minimum absolute atomic E-state index is 0.158. The van der Waals surface area contributed by atoms with Gasteiger partial charge in [0.2, 0.25) is 0 Å². The van der Waals surface area contributed by atoms with Crippen LogP contribution in [0.15, 0.2) is 117 Å². The molecule has 3 nitrogen and oxygen atoms in total. The Hall–Kier alpha value is -2.86. The van der Waals surface area contributed by atoms with Crippen LogP contribution in [0.25, 0.3) is 0 Å². The fraction of sp³-hybridized carbons (Fsp3) is 0.226. The van der Waals surface area contributed by atoms with Crippen LogP contribution in [0, 0.1) is 6.92 Å². The van der Waals surface area contributed by atoms with Crippen LogP contribution in [0.1, 0.15) is 43.0 Å². The third-order valence-corrected chi connectivity index (χ3v) is 11.7. The van der Waals surface area contributed by atoms with Gasteiger partial charge < -0.3 is 0 Å². The van der Waals surface area contributed by atoms with E-state index in [1.54, 1.807) is 24.3 Å². The topological polar surface area (TPSA) is 43.4 Å². The van der Waals surface area contributed by atoms with Crippen LogP contribution in [-0.2, 0) is 33.0 Å². The van der Waals surface area contributed by atoms with Gasteiger partial charge in [0.25, 0.3) is 0 Å². The highest BCUT2D eigenvalue weighted by molar-refractivity contribution is 8.33. The molecule has 5 heteroatoms. The van der Waals surface area contributed by atoms with Gasteiger partial charge in [0.05, 0.1) is 4.90 Å². The molecule has 0 saturated heterocycles. The minimum Gasteiger partial charge on any atom is -0.203 e. The van der Waals surface area contributed by atoms with Gasteiger partial charge in [-0.3, -0.25) is 0 Å². The Morgan fingerprint density at radius 1 is 0.500 bits per heavy atom. The Labute approximate surface area is 217 Å². The zero-order valence-corrected chi connectivity index (χ0v) is 23.0. The van der Waals surface area contributed by atoms with Crippen molar-refractivity contribution >= 4 is 20.4 Å². The van der Waals surface area contributed by atoms with Crippen LogP contribution < -0.4 is 0 Å². The Morgan fingerprint density at radius 3 is 1.11 bits per heavy atom. The molecule has 0 aliphatic heterocycles. The number of rotatable bonds is 9. The van der Waals surface area contributed by atoms with Gasteiger partial charge in [-0.25, -0.2) is 3.63 Å². The number of hydrogen-bond acceptors (Lipinski definition) is 3. The standard InChI is InChI=1S/C31H34O3S2/c1-5-25-10-18-28(19-11-25)35(29-20-12-26(6-2)13-21-29,30-22-14-27(7-3)15-23-30)34-36(32,33)31-16-8-24(4)9-17-31/h8-23H,5-7H2,1-4H3. The monoisotopic (exact) mass is 518 g/mol. The van der Waals surface area contributed by atoms with Crippen LogP contribution in [0.4, 0.5) is 0 Å². The Balaban J connectivity index is 2.01. The molecule has 4 aromatic rings. The molecule has 0 saturated carbocycles. The Morgan fingerprint density at radius 2 is 0.806 bits per heavy atom. The van der Waals surface area contributed by atoms with Crippen molar-refractivity contribution in [2.45, 2.75) is 66.5 Å². The molecule has 0 aliphatic carbocycles. The first kappa shape index (κ1) is 26.2. The highest BCUT2D eigenvalue weighted by Crippen LogP contribution is 2.70. The molecule has 0 bridgehead atoms. The largest absolute Gasteiger partial charge is 0.307 e. The quantitative estimate of drug-likeness (QED) is 0.224. The predicted octanol–water partition coefficient (Wildman–Crippen LogP) is 8.28. The smallest absolute Gasteiger partial charge is 0.203 e. The van der Waals surface area contributed by atoms with E-state index in [0.29, 0.717) is 0 Å². The van der Waals surface area contributed by atoms with Crippen LogP contribution in [0.2, 0.25) is 0 Å². The van der Waals surface area contributed by atoms with Crippen molar-refractivity contribution in [3.63, 3.8) is 0 Å². The Kier molecular flexibility index (Phi) is 8.04. The van der Waals surface area contributed by atoms with Crippen molar-refractivity contribution in [1.29, 1.82) is 0 Å². The van der Waals surface area contributed by atoms with Gasteiger partial charge in [-0.05, 0) is 102 Å². The molecule has 0 aliphatic rings. The van der Waals surface area contributed by atoms with E-state index in [1.807, 2.05) is 43.3 Å². The summed E-state index contributed by atoms with van der Waals surface area (Å²) in [6.45, 7) is 8.27. The fourth-order valence-electron chi connectivity index (χ4n) is 4.16. The maximum absolute atomic E-state index is 13.8. The molecular weight excluding hydrogens is 484 g/mol. The van der Waals surface area contributed by atoms with E-state index in [2.05, 4.69) is 57.2 Å². The molecule has 0 heterocycles. The van der Waals surface area contributed by atoms with Crippen LogP contribution in [-0.4, -0.2) is 8.42 Å². The molecular formula is C31H34O3S2. The van der Waals surface area contributed by atoms with E-state index in [1.165, 1.54) is 16.7 Å². The SMILES string of the molecule is CCc1ccc(S(OS(=O)(=O)c2ccc(C)cc2)(c2ccc(CC)cc2)c2ccc(CC)cc2)cc1. The maximum Gasteiger partial charge on any atom is 0.307 e. The molecule has 0 spiro atoms. The maximum atomic E-state index is 13.8. The van der Waals surface area contributed by atoms with Gasteiger partial charge in [-0.2, -0.15) is 8.42 Å². The average molecular weight is 519 g/mol. The minimum atomic E-state index is -4.09. The summed E-state index contributed by atoms with van der Waals surface area (Å²) in [5, 5.41) is 0. The zero-order valence-electron chi connectivity index (χ0n) is 21.4. The van der Waals surface area contributed by atoms with Crippen molar-refractivity contribution in [3.8, 4) is 0 Å². The van der Waals surface area contributed by atoms with Gasteiger partial charge in [0.15, 0.2) is 0 Å². The normalized spacial score (nSPS) is 12.4. The lowest BCUT2D eigenvalue weighted by atomic mass is 10.2. The second-order valence-corrected chi connectivity index (χ2v) is 13.3. The molecule has 0 unspecified atom stereocenters. The summed E-state index contributed by atoms with van der Waals surface area (Å²) in [6.07, 6.45) is 2.71. The third kappa shape index (κ3) is 5.29. The number of hydrogen-bond donors (Lipinski definition) is 0. The van der Waals surface area contributed by atoms with Crippen molar-refractivity contribution in [3.05, 3.63) is 119 Å². The lowest BCUT2D eigenvalue weighted by Crippen LogP contribution is -2.15. The first-order valence-electron chi connectivity index (χ1n) is 12.5. The molecule has 4 rings (SSSR count). The molecule has 0 radical (unpaired) electrons. The summed E-state index contributed by atoms with van der Waals surface area (Å²) < 4.78 is 34.2. The lowest BCUT2D eigenvalue weighted by Gasteiger charge is -2.39. The van der Waals surface area contributed by atoms with E-state index in [9.17, 15) is 8.42 Å². The van der Waals surface area contributed by atoms with Gasteiger partial charge >= 0.3 is 10.1 Å². The Bertz CT molecular complexity index is 1270. The van der Waals surface area contributed by atoms with Crippen LogP contribution in [0.3, 0.4) is 0 Å². The second kappa shape index (κ2) is 11.0. The second-order valence-electron chi connectivity index (χ2n) is 8.88.